The van der Waals surface area contributed by atoms with Crippen molar-refractivity contribution in [1.29, 1.82) is 0 Å². The number of rotatable bonds is 5. The Hall–Kier alpha value is -2.85. The van der Waals surface area contributed by atoms with Crippen molar-refractivity contribution in [2.75, 3.05) is 12.3 Å². The predicted octanol–water partition coefficient (Wildman–Crippen LogP) is -1.19. The zero-order valence-electron chi connectivity index (χ0n) is 14.9. The number of hydrogen-bond donors (Lipinski definition) is 4. The molecule has 0 aliphatic carbocycles. The zero-order valence-corrected chi connectivity index (χ0v) is 15.7. The molecule has 0 radical (unpaired) electrons. The monoisotopic (exact) mass is 424 g/mol. The number of ether oxygens (including phenoxy) is 1. The number of nitrogen functional groups attached to an aromatic ring is 1. The van der Waals surface area contributed by atoms with E-state index in [0.29, 0.717) is 0 Å². The van der Waals surface area contributed by atoms with Crippen LogP contribution in [0.3, 0.4) is 0 Å². The van der Waals surface area contributed by atoms with E-state index in [-0.39, 0.29) is 33.0 Å². The minimum atomic E-state index is -1.34. The Bertz CT molecular complexity index is 1090. The highest BCUT2D eigenvalue weighted by Crippen LogP contribution is 2.37. The Labute approximate surface area is 166 Å². The van der Waals surface area contributed by atoms with E-state index in [1.165, 1.54) is 21.8 Å². The fourth-order valence-corrected chi connectivity index (χ4v) is 3.99. The molecule has 1 fully saturated rings. The maximum Gasteiger partial charge on any atom is 0.396 e. The number of hydrogen-bond acceptors (Lipinski definition) is 12. The standard InChI is InChI=1S/C14H16N8O6S/c1-20-3-17-10(22(26)27)13(20)29-11-6-9(18-14(15)19-11)21(4-16-6)12-8(25)7(24)5(2-23)28-12/h3-5,7-8,12,23-25H,2H2,1H3,(H2,15,18,19)/t5-,7-,8+,12-/m1/s1. The van der Waals surface area contributed by atoms with Gasteiger partial charge in [0.1, 0.15) is 28.9 Å². The molecule has 29 heavy (non-hydrogen) atoms. The molecule has 1 aliphatic heterocycles. The van der Waals surface area contributed by atoms with Gasteiger partial charge in [-0.05, 0) is 21.7 Å². The largest absolute Gasteiger partial charge is 0.396 e. The summed E-state index contributed by atoms with van der Waals surface area (Å²) >= 11 is 0.941. The summed E-state index contributed by atoms with van der Waals surface area (Å²) in [7, 11) is 1.60. The molecule has 3 aromatic rings. The summed E-state index contributed by atoms with van der Waals surface area (Å²) in [5.41, 5.74) is 6.26. The van der Waals surface area contributed by atoms with E-state index in [9.17, 15) is 25.4 Å². The molecule has 0 spiro atoms. The van der Waals surface area contributed by atoms with E-state index in [4.69, 9.17) is 10.5 Å². The van der Waals surface area contributed by atoms with Gasteiger partial charge in [-0.2, -0.15) is 4.98 Å². The van der Waals surface area contributed by atoms with Crippen LogP contribution in [0.1, 0.15) is 6.23 Å². The first kappa shape index (κ1) is 19.5. The van der Waals surface area contributed by atoms with Gasteiger partial charge in [-0.1, -0.05) is 0 Å². The molecule has 15 heteroatoms. The van der Waals surface area contributed by atoms with Crippen LogP contribution in [-0.2, 0) is 11.8 Å². The van der Waals surface area contributed by atoms with Gasteiger partial charge < -0.3 is 40.5 Å². The Balaban J connectivity index is 1.77. The lowest BCUT2D eigenvalue weighted by Gasteiger charge is -2.16. The van der Waals surface area contributed by atoms with Crippen molar-refractivity contribution >= 4 is 34.7 Å². The number of nitrogens with zero attached hydrogens (tertiary/aromatic N) is 7. The smallest absolute Gasteiger partial charge is 0.394 e. The minimum Gasteiger partial charge on any atom is -0.394 e. The first-order chi connectivity index (χ1) is 13.8. The SMILES string of the molecule is Cn1cnc([N+](=O)[O-])c1Sc1nc(N)nc2c1ncn2[C@@H]1O[C@H](CO)[C@@H](O)[C@@H]1O. The molecule has 0 amide bonds. The molecular formula is C14H16N8O6S. The number of aliphatic hydroxyl groups is 3. The minimum absolute atomic E-state index is 0.127. The molecule has 1 aliphatic rings. The van der Waals surface area contributed by atoms with Crippen LogP contribution >= 0.6 is 11.8 Å². The van der Waals surface area contributed by atoms with Crippen LogP contribution in [0.4, 0.5) is 11.8 Å². The molecule has 0 unspecified atom stereocenters. The average Bonchev–Trinajstić information content (AvgIpc) is 3.33. The van der Waals surface area contributed by atoms with Gasteiger partial charge in [0.15, 0.2) is 16.9 Å². The molecule has 14 nitrogen and oxygen atoms in total. The van der Waals surface area contributed by atoms with Crippen molar-refractivity contribution in [3.05, 3.63) is 22.8 Å². The summed E-state index contributed by atoms with van der Waals surface area (Å²) in [5, 5.41) is 41.2. The predicted molar refractivity (Wildman–Crippen MR) is 96.7 cm³/mol. The Kier molecular flexibility index (Phi) is 4.83. The quantitative estimate of drug-likeness (QED) is 0.217. The molecule has 4 rings (SSSR count). The molecule has 0 bridgehead atoms. The van der Waals surface area contributed by atoms with Crippen LogP contribution in [-0.4, -0.2) is 74.2 Å². The third-order valence-electron chi connectivity index (χ3n) is 4.43. The number of imidazole rings is 2. The van der Waals surface area contributed by atoms with Gasteiger partial charge in [0, 0.05) is 7.05 Å². The van der Waals surface area contributed by atoms with Crippen LogP contribution in [0.2, 0.25) is 0 Å². The molecular weight excluding hydrogens is 408 g/mol. The molecule has 4 atom stereocenters. The Morgan fingerprint density at radius 2 is 2.07 bits per heavy atom. The summed E-state index contributed by atoms with van der Waals surface area (Å²) in [4.78, 5) is 26.8. The van der Waals surface area contributed by atoms with E-state index in [0.717, 1.165) is 11.8 Å². The number of anilines is 1. The van der Waals surface area contributed by atoms with Crippen molar-refractivity contribution < 1.29 is 25.0 Å². The van der Waals surface area contributed by atoms with E-state index >= 15 is 0 Å². The first-order valence-electron chi connectivity index (χ1n) is 8.28. The third kappa shape index (κ3) is 3.18. The number of fused-ring (bicyclic) bond motifs is 1. The Morgan fingerprint density at radius 3 is 2.72 bits per heavy atom. The van der Waals surface area contributed by atoms with Crippen LogP contribution < -0.4 is 5.73 Å². The maximum atomic E-state index is 11.2. The summed E-state index contributed by atoms with van der Waals surface area (Å²) < 4.78 is 8.33. The summed E-state index contributed by atoms with van der Waals surface area (Å²) in [6.07, 6.45) is -2.05. The van der Waals surface area contributed by atoms with Crippen LogP contribution in [0, 0.1) is 10.1 Å². The van der Waals surface area contributed by atoms with Gasteiger partial charge in [0.2, 0.25) is 12.3 Å². The summed E-state index contributed by atoms with van der Waals surface area (Å²) in [6.45, 7) is -0.482. The molecule has 5 N–H and O–H groups in total. The van der Waals surface area contributed by atoms with Crippen molar-refractivity contribution in [2.24, 2.45) is 7.05 Å². The number of aryl methyl sites for hydroxylation is 1. The van der Waals surface area contributed by atoms with Crippen molar-refractivity contribution in [1.82, 2.24) is 29.1 Å². The topological polar surface area (TPSA) is 200 Å². The number of aliphatic hydroxyl groups excluding tert-OH is 3. The summed E-state index contributed by atoms with van der Waals surface area (Å²) in [5.74, 6) is -0.468. The maximum absolute atomic E-state index is 11.2. The van der Waals surface area contributed by atoms with Gasteiger partial charge in [-0.3, -0.25) is 4.57 Å². The highest BCUT2D eigenvalue weighted by atomic mass is 32.2. The molecule has 1 saturated heterocycles. The second-order valence-electron chi connectivity index (χ2n) is 6.28. The second-order valence-corrected chi connectivity index (χ2v) is 7.26. The fourth-order valence-electron chi connectivity index (χ4n) is 3.02. The lowest BCUT2D eigenvalue weighted by Crippen LogP contribution is -2.33. The van der Waals surface area contributed by atoms with Crippen LogP contribution in [0.5, 0.6) is 0 Å². The molecule has 0 aromatic carbocycles. The van der Waals surface area contributed by atoms with Gasteiger partial charge in [0.25, 0.3) is 0 Å². The van der Waals surface area contributed by atoms with Crippen LogP contribution in [0.25, 0.3) is 11.2 Å². The lowest BCUT2D eigenvalue weighted by atomic mass is 10.1. The van der Waals surface area contributed by atoms with Crippen molar-refractivity contribution in [3.8, 4) is 0 Å². The number of nitrogens with two attached hydrogens (primary N) is 1. The van der Waals surface area contributed by atoms with Gasteiger partial charge in [0.05, 0.1) is 12.9 Å². The first-order valence-corrected chi connectivity index (χ1v) is 9.09. The highest BCUT2D eigenvalue weighted by molar-refractivity contribution is 7.99. The van der Waals surface area contributed by atoms with Gasteiger partial charge in [-0.15, -0.1) is 0 Å². The second kappa shape index (κ2) is 7.20. The molecule has 3 aromatic heterocycles. The summed E-state index contributed by atoms with van der Waals surface area (Å²) in [6, 6.07) is 0. The molecule has 154 valence electrons. The number of nitro groups is 1. The van der Waals surface area contributed by atoms with E-state index < -0.39 is 36.1 Å². The fraction of sp³-hybridized carbons (Fsp3) is 0.429. The van der Waals surface area contributed by atoms with Crippen molar-refractivity contribution in [2.45, 2.75) is 34.6 Å². The van der Waals surface area contributed by atoms with Crippen molar-refractivity contribution in [3.63, 3.8) is 0 Å². The van der Waals surface area contributed by atoms with E-state index in [2.05, 4.69) is 19.9 Å². The van der Waals surface area contributed by atoms with Gasteiger partial charge >= 0.3 is 5.82 Å². The van der Waals surface area contributed by atoms with Crippen LogP contribution in [0.15, 0.2) is 22.7 Å². The molecule has 4 heterocycles. The van der Waals surface area contributed by atoms with E-state index in [1.54, 1.807) is 7.05 Å². The highest BCUT2D eigenvalue weighted by Gasteiger charge is 2.44. The van der Waals surface area contributed by atoms with Gasteiger partial charge in [-0.25, -0.2) is 9.97 Å². The average molecular weight is 424 g/mol. The zero-order chi connectivity index (χ0) is 20.9. The Morgan fingerprint density at radius 1 is 1.31 bits per heavy atom. The molecule has 0 saturated carbocycles. The number of aromatic nitrogens is 6. The van der Waals surface area contributed by atoms with E-state index in [1.807, 2.05) is 0 Å². The lowest BCUT2D eigenvalue weighted by molar-refractivity contribution is -0.392. The third-order valence-corrected chi connectivity index (χ3v) is 5.57. The normalized spacial score (nSPS) is 24.4.